The Balaban J connectivity index is 0.00000338. The molecule has 0 bridgehead atoms. The minimum absolute atomic E-state index is 0. The van der Waals surface area contributed by atoms with Crippen LogP contribution in [0.1, 0.15) is 23.8 Å². The molecule has 0 fully saturated rings. The zero-order valence-electron chi connectivity index (χ0n) is 15.2. The van der Waals surface area contributed by atoms with Gasteiger partial charge in [0.15, 0.2) is 11.8 Å². The van der Waals surface area contributed by atoms with Crippen LogP contribution in [0.25, 0.3) is 0 Å². The number of guanidine groups is 1. The number of aliphatic imine (C=N–C) groups is 1. The number of aryl methyl sites for hydroxylation is 1. The highest BCUT2D eigenvalue weighted by Crippen LogP contribution is 2.04. The topological polar surface area (TPSA) is 80.0 Å². The predicted octanol–water partition coefficient (Wildman–Crippen LogP) is 2.26. The largest absolute Gasteiger partial charge is 0.356 e. The monoisotopic (exact) mass is 493 g/mol. The summed E-state index contributed by atoms with van der Waals surface area (Å²) in [5.74, 6) is 2.97. The van der Waals surface area contributed by atoms with Gasteiger partial charge < -0.3 is 15.2 Å². The second kappa shape index (κ2) is 12.0. The summed E-state index contributed by atoms with van der Waals surface area (Å²) in [4.78, 5) is 8.46. The summed E-state index contributed by atoms with van der Waals surface area (Å²) in [6.45, 7) is 3.34. The van der Waals surface area contributed by atoms with Crippen molar-refractivity contribution in [3.63, 3.8) is 0 Å². The molecule has 0 spiro atoms. The van der Waals surface area contributed by atoms with E-state index in [0.717, 1.165) is 30.4 Å². The molecule has 0 atom stereocenters. The average molecular weight is 493 g/mol. The minimum atomic E-state index is -0.350. The number of rotatable bonds is 8. The number of nitrogens with one attached hydrogen (secondary N) is 2. The molecule has 0 saturated carbocycles. The van der Waals surface area contributed by atoms with Crippen molar-refractivity contribution in [3.8, 4) is 0 Å². The van der Waals surface area contributed by atoms with Gasteiger partial charge in [0, 0.05) is 19.8 Å². The summed E-state index contributed by atoms with van der Waals surface area (Å²) < 4.78 is 15.6. The van der Waals surface area contributed by atoms with Gasteiger partial charge in [0.05, 0.1) is 18.8 Å². The van der Waals surface area contributed by atoms with E-state index in [2.05, 4.69) is 37.1 Å². The molecule has 0 radical (unpaired) electrons. The molecule has 0 unspecified atom stereocenters. The molecule has 2 aromatic rings. The van der Waals surface area contributed by atoms with Crippen LogP contribution in [0.15, 0.2) is 23.3 Å². The molecule has 0 aliphatic rings. The highest BCUT2D eigenvalue weighted by Gasteiger charge is 2.07. The van der Waals surface area contributed by atoms with Crippen molar-refractivity contribution in [2.45, 2.75) is 26.4 Å². The lowest BCUT2D eigenvalue weighted by Gasteiger charge is -2.12. The highest BCUT2D eigenvalue weighted by molar-refractivity contribution is 14.0. The van der Waals surface area contributed by atoms with Crippen LogP contribution in [0.4, 0.5) is 4.39 Å². The third kappa shape index (κ3) is 7.06. The predicted molar refractivity (Wildman–Crippen MR) is 114 cm³/mol. The first-order valence-electron chi connectivity index (χ1n) is 8.07. The maximum Gasteiger partial charge on any atom is 0.192 e. The van der Waals surface area contributed by atoms with Gasteiger partial charge in [-0.15, -0.1) is 34.2 Å². The molecule has 0 aliphatic carbocycles. The molecule has 2 rings (SSSR count). The number of nitrogens with zero attached hydrogens (tertiary/aromatic N) is 5. The number of pyridine rings is 1. The SMILES string of the molecule is CSCCCNC(=NCc1ncccc1F)NCc1nnc(C)n1C.I. The van der Waals surface area contributed by atoms with Gasteiger partial charge in [0.2, 0.25) is 0 Å². The minimum Gasteiger partial charge on any atom is -0.356 e. The molecule has 10 heteroatoms. The molecule has 0 aromatic carbocycles. The van der Waals surface area contributed by atoms with E-state index in [9.17, 15) is 4.39 Å². The summed E-state index contributed by atoms with van der Waals surface area (Å²) in [6.07, 6.45) is 4.66. The Labute approximate surface area is 174 Å². The van der Waals surface area contributed by atoms with E-state index in [1.165, 1.54) is 6.07 Å². The zero-order chi connectivity index (χ0) is 18.1. The van der Waals surface area contributed by atoms with Crippen LogP contribution < -0.4 is 10.6 Å². The standard InChI is InChI=1S/C16H24FN7S.HI/c1-12-22-23-15(24(12)2)11-21-16(19-8-5-9-25-3)20-10-14-13(17)6-4-7-18-14;/h4,6-7H,5,8-11H2,1-3H3,(H2,19,20,21);1H. The van der Waals surface area contributed by atoms with Crippen molar-refractivity contribution < 1.29 is 4.39 Å². The van der Waals surface area contributed by atoms with E-state index in [-0.39, 0.29) is 36.3 Å². The van der Waals surface area contributed by atoms with Crippen LogP contribution in [-0.4, -0.2) is 44.3 Å². The zero-order valence-corrected chi connectivity index (χ0v) is 18.3. The summed E-state index contributed by atoms with van der Waals surface area (Å²) in [5, 5.41) is 14.6. The van der Waals surface area contributed by atoms with Crippen LogP contribution in [0, 0.1) is 12.7 Å². The molecule has 0 saturated heterocycles. The first kappa shape index (κ1) is 22.6. The van der Waals surface area contributed by atoms with Crippen LogP contribution in [0.2, 0.25) is 0 Å². The van der Waals surface area contributed by atoms with Crippen molar-refractivity contribution in [1.29, 1.82) is 0 Å². The van der Waals surface area contributed by atoms with Crippen molar-refractivity contribution in [2.24, 2.45) is 12.0 Å². The number of aromatic nitrogens is 4. The van der Waals surface area contributed by atoms with E-state index in [1.54, 1.807) is 24.0 Å². The molecule has 7 nitrogen and oxygen atoms in total. The smallest absolute Gasteiger partial charge is 0.192 e. The van der Waals surface area contributed by atoms with Gasteiger partial charge in [0.1, 0.15) is 11.6 Å². The van der Waals surface area contributed by atoms with E-state index >= 15 is 0 Å². The summed E-state index contributed by atoms with van der Waals surface area (Å²) in [6, 6.07) is 2.96. The number of halogens is 2. The summed E-state index contributed by atoms with van der Waals surface area (Å²) in [5.41, 5.74) is 0.321. The highest BCUT2D eigenvalue weighted by atomic mass is 127. The van der Waals surface area contributed by atoms with Gasteiger partial charge in [0.25, 0.3) is 0 Å². The van der Waals surface area contributed by atoms with Crippen molar-refractivity contribution in [3.05, 3.63) is 41.5 Å². The van der Waals surface area contributed by atoms with E-state index in [0.29, 0.717) is 18.2 Å². The third-order valence-electron chi connectivity index (χ3n) is 3.64. The van der Waals surface area contributed by atoms with Crippen molar-refractivity contribution in [1.82, 2.24) is 30.4 Å². The molecule has 144 valence electrons. The van der Waals surface area contributed by atoms with Crippen LogP contribution in [0.3, 0.4) is 0 Å². The number of hydrogen-bond acceptors (Lipinski definition) is 5. The van der Waals surface area contributed by atoms with E-state index in [1.807, 2.05) is 18.5 Å². The Hall–Kier alpha value is -1.43. The maximum absolute atomic E-state index is 13.7. The fraction of sp³-hybridized carbons (Fsp3) is 0.500. The molecule has 0 amide bonds. The molecule has 2 aromatic heterocycles. The van der Waals surface area contributed by atoms with Crippen LogP contribution in [0.5, 0.6) is 0 Å². The Kier molecular flexibility index (Phi) is 10.5. The average Bonchev–Trinajstić information content (AvgIpc) is 2.93. The maximum atomic E-state index is 13.7. The van der Waals surface area contributed by atoms with Gasteiger partial charge in [-0.2, -0.15) is 11.8 Å². The first-order valence-corrected chi connectivity index (χ1v) is 9.46. The quantitative estimate of drug-likeness (QED) is 0.254. The normalized spacial score (nSPS) is 11.2. The van der Waals surface area contributed by atoms with Crippen LogP contribution >= 0.6 is 35.7 Å². The Bertz CT molecular complexity index is 708. The number of hydrogen-bond donors (Lipinski definition) is 2. The summed E-state index contributed by atoms with van der Waals surface area (Å²) >= 11 is 1.80. The van der Waals surface area contributed by atoms with Gasteiger partial charge in [-0.05, 0) is 37.5 Å². The van der Waals surface area contributed by atoms with Gasteiger partial charge >= 0.3 is 0 Å². The molecule has 2 heterocycles. The lowest BCUT2D eigenvalue weighted by atomic mass is 10.3. The Morgan fingerprint density at radius 3 is 2.81 bits per heavy atom. The second-order valence-corrected chi connectivity index (χ2v) is 6.43. The lowest BCUT2D eigenvalue weighted by molar-refractivity contribution is 0.599. The van der Waals surface area contributed by atoms with E-state index in [4.69, 9.17) is 0 Å². The Morgan fingerprint density at radius 1 is 1.35 bits per heavy atom. The van der Waals surface area contributed by atoms with Crippen LogP contribution in [-0.2, 0) is 20.1 Å². The van der Waals surface area contributed by atoms with E-state index < -0.39 is 0 Å². The number of thioether (sulfide) groups is 1. The first-order chi connectivity index (χ1) is 12.1. The van der Waals surface area contributed by atoms with Crippen molar-refractivity contribution in [2.75, 3.05) is 18.6 Å². The lowest BCUT2D eigenvalue weighted by Crippen LogP contribution is -2.38. The fourth-order valence-corrected chi connectivity index (χ4v) is 2.49. The van der Waals surface area contributed by atoms with Gasteiger partial charge in [-0.3, -0.25) is 4.98 Å². The third-order valence-corrected chi connectivity index (χ3v) is 4.33. The molecule has 2 N–H and O–H groups in total. The molecular formula is C16H25FIN7S. The van der Waals surface area contributed by atoms with Gasteiger partial charge in [-0.25, -0.2) is 9.38 Å². The molecule has 26 heavy (non-hydrogen) atoms. The fourth-order valence-electron chi connectivity index (χ4n) is 2.05. The Morgan fingerprint density at radius 2 is 2.15 bits per heavy atom. The van der Waals surface area contributed by atoms with Gasteiger partial charge in [-0.1, -0.05) is 0 Å². The summed E-state index contributed by atoms with van der Waals surface area (Å²) in [7, 11) is 1.92. The van der Waals surface area contributed by atoms with Crippen molar-refractivity contribution >= 4 is 41.7 Å². The molecular weight excluding hydrogens is 468 g/mol. The molecule has 0 aliphatic heterocycles. The second-order valence-electron chi connectivity index (χ2n) is 5.45.